The highest BCUT2D eigenvalue weighted by molar-refractivity contribution is 7.92. The number of imidazole rings is 1. The van der Waals surface area contributed by atoms with Crippen molar-refractivity contribution in [1.29, 1.82) is 0 Å². The van der Waals surface area contributed by atoms with Gasteiger partial charge in [0.15, 0.2) is 5.03 Å². The zero-order valence-electron chi connectivity index (χ0n) is 9.36. The summed E-state index contributed by atoms with van der Waals surface area (Å²) in [5, 5.41) is 18.0. The number of anilines is 1. The van der Waals surface area contributed by atoms with Gasteiger partial charge in [0.05, 0.1) is 23.8 Å². The molecular formula is C10H9N3O5S. The summed E-state index contributed by atoms with van der Waals surface area (Å²) in [5.74, 6) is -1.64. The molecular weight excluding hydrogens is 274 g/mol. The fourth-order valence-electron chi connectivity index (χ4n) is 1.39. The van der Waals surface area contributed by atoms with Gasteiger partial charge in [-0.3, -0.25) is 4.72 Å². The first-order valence-corrected chi connectivity index (χ1v) is 6.46. The number of aromatic amines is 1. The molecule has 1 aromatic heterocycles. The van der Waals surface area contributed by atoms with Crippen molar-refractivity contribution in [3.63, 3.8) is 0 Å². The number of nitrogens with zero attached hydrogens (tertiary/aromatic N) is 1. The minimum absolute atomic E-state index is 0.153. The first-order chi connectivity index (χ1) is 8.90. The smallest absolute Gasteiger partial charge is 0.337 e. The van der Waals surface area contributed by atoms with Crippen molar-refractivity contribution in [3.8, 4) is 5.75 Å². The lowest BCUT2D eigenvalue weighted by Crippen LogP contribution is -2.15. The highest BCUT2D eigenvalue weighted by atomic mass is 32.2. The van der Waals surface area contributed by atoms with Crippen molar-refractivity contribution in [1.82, 2.24) is 9.97 Å². The second-order valence-electron chi connectivity index (χ2n) is 3.56. The number of rotatable bonds is 4. The van der Waals surface area contributed by atoms with E-state index in [1.807, 2.05) is 0 Å². The third-order valence-electron chi connectivity index (χ3n) is 2.24. The summed E-state index contributed by atoms with van der Waals surface area (Å²) in [6.45, 7) is 0. The molecule has 0 fully saturated rings. The van der Waals surface area contributed by atoms with Crippen LogP contribution in [0.2, 0.25) is 0 Å². The monoisotopic (exact) mass is 283 g/mol. The molecule has 0 unspecified atom stereocenters. The van der Waals surface area contributed by atoms with E-state index in [4.69, 9.17) is 5.11 Å². The number of aromatic nitrogens is 2. The topological polar surface area (TPSA) is 132 Å². The van der Waals surface area contributed by atoms with E-state index in [0.717, 1.165) is 18.3 Å². The standard InChI is InChI=1S/C10H9N3O5S/c14-6-1-2-8(7(3-6)10(15)16)13-19(17,18)9-4-11-5-12-9/h1-5,13-14H,(H,11,12)(H,15,16). The molecule has 19 heavy (non-hydrogen) atoms. The Bertz CT molecular complexity index is 709. The molecule has 0 atom stereocenters. The number of benzene rings is 1. The van der Waals surface area contributed by atoms with Gasteiger partial charge in [-0.25, -0.2) is 9.78 Å². The van der Waals surface area contributed by atoms with Crippen molar-refractivity contribution < 1.29 is 23.4 Å². The summed E-state index contributed by atoms with van der Waals surface area (Å²) in [4.78, 5) is 17.0. The van der Waals surface area contributed by atoms with Crippen molar-refractivity contribution in [3.05, 3.63) is 36.3 Å². The molecule has 0 bridgehead atoms. The fourth-order valence-corrected chi connectivity index (χ4v) is 2.37. The van der Waals surface area contributed by atoms with Crippen LogP contribution in [0, 0.1) is 0 Å². The Hall–Kier alpha value is -2.55. The van der Waals surface area contributed by atoms with Gasteiger partial charge in [0, 0.05) is 0 Å². The zero-order chi connectivity index (χ0) is 14.0. The van der Waals surface area contributed by atoms with Crippen molar-refractivity contribution in [2.45, 2.75) is 5.03 Å². The summed E-state index contributed by atoms with van der Waals surface area (Å²) < 4.78 is 25.9. The summed E-state index contributed by atoms with van der Waals surface area (Å²) in [5.41, 5.74) is -0.511. The van der Waals surface area contributed by atoms with Crippen LogP contribution >= 0.6 is 0 Å². The molecule has 8 nitrogen and oxygen atoms in total. The van der Waals surface area contributed by atoms with Crippen LogP contribution in [0.1, 0.15) is 10.4 Å². The average Bonchev–Trinajstić information content (AvgIpc) is 2.85. The Morgan fingerprint density at radius 1 is 1.37 bits per heavy atom. The molecule has 1 heterocycles. The third kappa shape index (κ3) is 2.65. The van der Waals surface area contributed by atoms with Gasteiger partial charge in [-0.1, -0.05) is 0 Å². The van der Waals surface area contributed by atoms with E-state index in [0.29, 0.717) is 0 Å². The molecule has 0 amide bonds. The highest BCUT2D eigenvalue weighted by Crippen LogP contribution is 2.23. The number of hydrogen-bond donors (Lipinski definition) is 4. The molecule has 2 aromatic rings. The Labute approximate surface area is 107 Å². The molecule has 0 aliphatic heterocycles. The number of carbonyl (C=O) groups is 1. The van der Waals surface area contributed by atoms with Crippen LogP contribution in [-0.4, -0.2) is 34.6 Å². The molecule has 0 radical (unpaired) electrons. The number of phenols is 1. The van der Waals surface area contributed by atoms with Gasteiger partial charge in [0.1, 0.15) is 5.75 Å². The number of sulfonamides is 1. The van der Waals surface area contributed by atoms with E-state index in [2.05, 4.69) is 14.7 Å². The van der Waals surface area contributed by atoms with Gasteiger partial charge in [-0.15, -0.1) is 0 Å². The number of H-pyrrole nitrogens is 1. The van der Waals surface area contributed by atoms with Crippen LogP contribution in [0.5, 0.6) is 5.75 Å². The van der Waals surface area contributed by atoms with Gasteiger partial charge < -0.3 is 15.2 Å². The summed E-state index contributed by atoms with van der Waals surface area (Å²) in [7, 11) is -3.95. The SMILES string of the molecule is O=C(O)c1cc(O)ccc1NS(=O)(=O)c1cnc[nH]1. The maximum atomic E-state index is 11.9. The first kappa shape index (κ1) is 12.9. The molecule has 4 N–H and O–H groups in total. The van der Waals surface area contributed by atoms with Crippen molar-refractivity contribution in [2.75, 3.05) is 4.72 Å². The zero-order valence-corrected chi connectivity index (χ0v) is 10.2. The van der Waals surface area contributed by atoms with Crippen LogP contribution in [0.25, 0.3) is 0 Å². The Kier molecular flexibility index (Phi) is 3.13. The molecule has 2 rings (SSSR count). The van der Waals surface area contributed by atoms with Gasteiger partial charge in [-0.05, 0) is 18.2 Å². The van der Waals surface area contributed by atoms with Crippen LogP contribution in [0.3, 0.4) is 0 Å². The highest BCUT2D eigenvalue weighted by Gasteiger charge is 2.19. The second-order valence-corrected chi connectivity index (χ2v) is 5.21. The molecule has 0 spiro atoms. The predicted octanol–water partition coefficient (Wildman–Crippen LogP) is 0.614. The molecule has 9 heteroatoms. The number of nitrogens with one attached hydrogen (secondary N) is 2. The minimum atomic E-state index is -3.95. The summed E-state index contributed by atoms with van der Waals surface area (Å²) in [6.07, 6.45) is 2.27. The predicted molar refractivity (Wildman–Crippen MR) is 64.5 cm³/mol. The molecule has 0 aliphatic rings. The number of phenolic OH excluding ortho intramolecular Hbond substituents is 1. The number of hydrogen-bond acceptors (Lipinski definition) is 5. The van der Waals surface area contributed by atoms with E-state index in [1.165, 1.54) is 12.4 Å². The number of aromatic carboxylic acids is 1. The molecule has 100 valence electrons. The fraction of sp³-hybridized carbons (Fsp3) is 0. The maximum absolute atomic E-state index is 11.9. The lowest BCUT2D eigenvalue weighted by Gasteiger charge is -2.09. The van der Waals surface area contributed by atoms with Crippen LogP contribution in [0.4, 0.5) is 5.69 Å². The Morgan fingerprint density at radius 2 is 2.11 bits per heavy atom. The first-order valence-electron chi connectivity index (χ1n) is 4.97. The van der Waals surface area contributed by atoms with Crippen molar-refractivity contribution in [2.24, 2.45) is 0 Å². The molecule has 1 aromatic carbocycles. The maximum Gasteiger partial charge on any atom is 0.337 e. The van der Waals surface area contributed by atoms with E-state index in [1.54, 1.807) is 0 Å². The van der Waals surface area contributed by atoms with Crippen LogP contribution < -0.4 is 4.72 Å². The van der Waals surface area contributed by atoms with Gasteiger partial charge in [0.2, 0.25) is 0 Å². The quantitative estimate of drug-likeness (QED) is 0.608. The number of carboxylic acid groups (broad SMARTS) is 1. The van der Waals surface area contributed by atoms with E-state index < -0.39 is 16.0 Å². The van der Waals surface area contributed by atoms with Crippen LogP contribution in [0.15, 0.2) is 35.7 Å². The van der Waals surface area contributed by atoms with Gasteiger partial charge in [0.25, 0.3) is 10.0 Å². The van der Waals surface area contributed by atoms with E-state index in [9.17, 15) is 18.3 Å². The Balaban J connectivity index is 2.42. The van der Waals surface area contributed by atoms with Crippen LogP contribution in [-0.2, 0) is 10.0 Å². The number of aromatic hydroxyl groups is 1. The normalized spacial score (nSPS) is 11.2. The summed E-state index contributed by atoms with van der Waals surface area (Å²) >= 11 is 0. The lowest BCUT2D eigenvalue weighted by molar-refractivity contribution is 0.0697. The van der Waals surface area contributed by atoms with E-state index >= 15 is 0 Å². The minimum Gasteiger partial charge on any atom is -0.508 e. The molecule has 0 saturated carbocycles. The number of carboxylic acids is 1. The molecule has 0 saturated heterocycles. The summed E-state index contributed by atoms with van der Waals surface area (Å²) in [6, 6.07) is 3.29. The third-order valence-corrected chi connectivity index (χ3v) is 3.53. The van der Waals surface area contributed by atoms with Crippen molar-refractivity contribution >= 4 is 21.7 Å². The average molecular weight is 283 g/mol. The van der Waals surface area contributed by atoms with E-state index in [-0.39, 0.29) is 22.0 Å². The lowest BCUT2D eigenvalue weighted by atomic mass is 10.2. The second kappa shape index (κ2) is 4.61. The largest absolute Gasteiger partial charge is 0.508 e. The Morgan fingerprint density at radius 3 is 2.68 bits per heavy atom. The van der Waals surface area contributed by atoms with Gasteiger partial charge >= 0.3 is 5.97 Å². The molecule has 0 aliphatic carbocycles. The van der Waals surface area contributed by atoms with Gasteiger partial charge in [-0.2, -0.15) is 8.42 Å².